The Bertz CT molecular complexity index is 617. The number of aryl methyl sites for hydroxylation is 2. The smallest absolute Gasteiger partial charge is 0.358 e. The summed E-state index contributed by atoms with van der Waals surface area (Å²) in [6, 6.07) is 1.97. The van der Waals surface area contributed by atoms with Crippen molar-refractivity contribution in [1.82, 2.24) is 24.8 Å². The summed E-state index contributed by atoms with van der Waals surface area (Å²) in [4.78, 5) is 11.1. The van der Waals surface area contributed by atoms with Crippen LogP contribution in [-0.4, -0.2) is 43.0 Å². The third-order valence-electron chi connectivity index (χ3n) is 3.02. The fourth-order valence-corrected chi connectivity index (χ4v) is 1.95. The van der Waals surface area contributed by atoms with E-state index in [2.05, 4.69) is 15.4 Å². The number of methoxy groups -OCH3 is 1. The summed E-state index contributed by atoms with van der Waals surface area (Å²) in [5, 5.41) is 21.0. The average molecular weight is 279 g/mol. The SMILES string of the molecule is CCc1cc(Cn2nnc(C(=O)O)c2COC)n(C)n1. The Labute approximate surface area is 116 Å². The van der Waals surface area contributed by atoms with Crippen LogP contribution in [0.4, 0.5) is 0 Å². The van der Waals surface area contributed by atoms with Crippen LogP contribution in [0.5, 0.6) is 0 Å². The molecule has 0 unspecified atom stereocenters. The van der Waals surface area contributed by atoms with Crippen molar-refractivity contribution < 1.29 is 14.6 Å². The zero-order valence-electron chi connectivity index (χ0n) is 11.7. The number of carbonyl (C=O) groups is 1. The summed E-state index contributed by atoms with van der Waals surface area (Å²) in [5.41, 5.74) is 2.28. The fraction of sp³-hybridized carbons (Fsp3) is 0.500. The maximum absolute atomic E-state index is 11.1. The van der Waals surface area contributed by atoms with Gasteiger partial charge in [-0.25, -0.2) is 9.48 Å². The summed E-state index contributed by atoms with van der Waals surface area (Å²) < 4.78 is 8.32. The minimum atomic E-state index is -1.11. The van der Waals surface area contributed by atoms with Gasteiger partial charge in [-0.1, -0.05) is 12.1 Å². The average Bonchev–Trinajstić information content (AvgIpc) is 2.96. The number of aromatic nitrogens is 5. The summed E-state index contributed by atoms with van der Waals surface area (Å²) in [7, 11) is 3.35. The Hall–Kier alpha value is -2.22. The van der Waals surface area contributed by atoms with E-state index < -0.39 is 5.97 Å². The maximum Gasteiger partial charge on any atom is 0.358 e. The van der Waals surface area contributed by atoms with Crippen molar-refractivity contribution in [3.63, 3.8) is 0 Å². The molecule has 0 aliphatic heterocycles. The molecule has 1 N–H and O–H groups in total. The molecule has 2 rings (SSSR count). The molecular weight excluding hydrogens is 262 g/mol. The quantitative estimate of drug-likeness (QED) is 0.825. The lowest BCUT2D eigenvalue weighted by Gasteiger charge is -2.06. The number of hydrogen-bond acceptors (Lipinski definition) is 5. The molecule has 2 aromatic heterocycles. The number of rotatable bonds is 6. The number of hydrogen-bond donors (Lipinski definition) is 1. The van der Waals surface area contributed by atoms with Crippen LogP contribution in [0.2, 0.25) is 0 Å². The van der Waals surface area contributed by atoms with Crippen molar-refractivity contribution in [3.05, 3.63) is 28.8 Å². The van der Waals surface area contributed by atoms with E-state index in [1.54, 1.807) is 4.68 Å². The molecule has 0 saturated heterocycles. The minimum Gasteiger partial charge on any atom is -0.476 e. The van der Waals surface area contributed by atoms with E-state index in [0.29, 0.717) is 12.2 Å². The first kappa shape index (κ1) is 14.2. The van der Waals surface area contributed by atoms with Crippen molar-refractivity contribution >= 4 is 5.97 Å². The van der Waals surface area contributed by atoms with Gasteiger partial charge in [0.15, 0.2) is 5.69 Å². The Morgan fingerprint density at radius 2 is 2.25 bits per heavy atom. The molecule has 0 atom stereocenters. The molecule has 0 saturated carbocycles. The molecule has 8 nitrogen and oxygen atoms in total. The van der Waals surface area contributed by atoms with E-state index in [0.717, 1.165) is 17.8 Å². The first-order chi connectivity index (χ1) is 9.56. The molecule has 2 heterocycles. The predicted molar refractivity (Wildman–Crippen MR) is 69.4 cm³/mol. The lowest BCUT2D eigenvalue weighted by molar-refractivity contribution is 0.0684. The molecule has 20 heavy (non-hydrogen) atoms. The van der Waals surface area contributed by atoms with Gasteiger partial charge in [0, 0.05) is 14.2 Å². The van der Waals surface area contributed by atoms with Crippen LogP contribution in [0.1, 0.15) is 34.5 Å². The maximum atomic E-state index is 11.1. The number of nitrogens with zero attached hydrogens (tertiary/aromatic N) is 5. The molecule has 0 bridgehead atoms. The molecule has 0 amide bonds. The Morgan fingerprint density at radius 3 is 2.80 bits per heavy atom. The summed E-state index contributed by atoms with van der Waals surface area (Å²) in [6.07, 6.45) is 0.844. The molecule has 2 aromatic rings. The van der Waals surface area contributed by atoms with Crippen LogP contribution >= 0.6 is 0 Å². The Morgan fingerprint density at radius 1 is 1.50 bits per heavy atom. The Balaban J connectivity index is 2.32. The van der Waals surface area contributed by atoms with E-state index in [1.165, 1.54) is 11.8 Å². The lowest BCUT2D eigenvalue weighted by atomic mass is 10.3. The van der Waals surface area contributed by atoms with Crippen molar-refractivity contribution in [3.8, 4) is 0 Å². The van der Waals surface area contributed by atoms with Gasteiger partial charge in [-0.2, -0.15) is 5.10 Å². The van der Waals surface area contributed by atoms with Gasteiger partial charge in [-0.15, -0.1) is 5.10 Å². The third kappa shape index (κ3) is 2.69. The van der Waals surface area contributed by atoms with Crippen molar-refractivity contribution in [2.24, 2.45) is 7.05 Å². The standard InChI is InChI=1S/C12H17N5O3/c1-4-8-5-9(16(2)14-8)6-17-10(7-20-3)11(12(18)19)13-15-17/h5H,4,6-7H2,1-3H3,(H,18,19). The van der Waals surface area contributed by atoms with Gasteiger partial charge in [-0.05, 0) is 12.5 Å². The zero-order valence-corrected chi connectivity index (χ0v) is 11.7. The zero-order chi connectivity index (χ0) is 14.7. The molecule has 108 valence electrons. The molecule has 0 radical (unpaired) electrons. The van der Waals surface area contributed by atoms with Crippen LogP contribution in [0.15, 0.2) is 6.07 Å². The molecule has 0 spiro atoms. The monoisotopic (exact) mass is 279 g/mol. The topological polar surface area (TPSA) is 95.1 Å². The molecule has 8 heteroatoms. The largest absolute Gasteiger partial charge is 0.476 e. The first-order valence-corrected chi connectivity index (χ1v) is 6.23. The fourth-order valence-electron chi connectivity index (χ4n) is 1.95. The van der Waals surface area contributed by atoms with Gasteiger partial charge in [-0.3, -0.25) is 4.68 Å². The van der Waals surface area contributed by atoms with E-state index in [9.17, 15) is 4.79 Å². The molecule has 0 aromatic carbocycles. The summed E-state index contributed by atoms with van der Waals surface area (Å²) in [6.45, 7) is 2.58. The summed E-state index contributed by atoms with van der Waals surface area (Å²) >= 11 is 0. The van der Waals surface area contributed by atoms with Gasteiger partial charge in [0.2, 0.25) is 0 Å². The normalized spacial score (nSPS) is 10.9. The van der Waals surface area contributed by atoms with E-state index in [4.69, 9.17) is 9.84 Å². The van der Waals surface area contributed by atoms with E-state index >= 15 is 0 Å². The number of carboxylic acids is 1. The molecular formula is C12H17N5O3. The van der Waals surface area contributed by atoms with Gasteiger partial charge in [0.05, 0.1) is 30.2 Å². The van der Waals surface area contributed by atoms with Crippen LogP contribution in [0.3, 0.4) is 0 Å². The van der Waals surface area contributed by atoms with Crippen LogP contribution in [-0.2, 0) is 31.4 Å². The van der Waals surface area contributed by atoms with Crippen LogP contribution < -0.4 is 0 Å². The minimum absolute atomic E-state index is 0.0790. The second kappa shape index (κ2) is 5.83. The van der Waals surface area contributed by atoms with Gasteiger partial charge in [0.1, 0.15) is 0 Å². The van der Waals surface area contributed by atoms with Crippen LogP contribution in [0.25, 0.3) is 0 Å². The highest BCUT2D eigenvalue weighted by atomic mass is 16.5. The molecule has 0 aliphatic carbocycles. The van der Waals surface area contributed by atoms with Gasteiger partial charge < -0.3 is 9.84 Å². The van der Waals surface area contributed by atoms with E-state index in [1.807, 2.05) is 20.0 Å². The number of aromatic carboxylic acids is 1. The highest BCUT2D eigenvalue weighted by Crippen LogP contribution is 2.11. The van der Waals surface area contributed by atoms with Crippen molar-refractivity contribution in [2.75, 3.05) is 7.11 Å². The number of ether oxygens (including phenoxy) is 1. The first-order valence-electron chi connectivity index (χ1n) is 6.23. The predicted octanol–water partition coefficient (Wildman–Crippen LogP) is 0.467. The van der Waals surface area contributed by atoms with Crippen molar-refractivity contribution in [1.29, 1.82) is 0 Å². The highest BCUT2D eigenvalue weighted by molar-refractivity contribution is 5.86. The third-order valence-corrected chi connectivity index (χ3v) is 3.02. The van der Waals surface area contributed by atoms with Crippen LogP contribution in [0, 0.1) is 0 Å². The van der Waals surface area contributed by atoms with Crippen molar-refractivity contribution in [2.45, 2.75) is 26.5 Å². The lowest BCUT2D eigenvalue weighted by Crippen LogP contribution is -2.12. The molecule has 0 fully saturated rings. The second-order valence-electron chi connectivity index (χ2n) is 4.38. The second-order valence-corrected chi connectivity index (χ2v) is 4.38. The molecule has 0 aliphatic rings. The highest BCUT2D eigenvalue weighted by Gasteiger charge is 2.19. The van der Waals surface area contributed by atoms with Gasteiger partial charge in [0.25, 0.3) is 0 Å². The number of carboxylic acid groups (broad SMARTS) is 1. The van der Waals surface area contributed by atoms with E-state index in [-0.39, 0.29) is 12.3 Å². The summed E-state index contributed by atoms with van der Waals surface area (Å²) in [5.74, 6) is -1.11. The Kier molecular flexibility index (Phi) is 4.14. The van der Waals surface area contributed by atoms with Gasteiger partial charge >= 0.3 is 5.97 Å².